The van der Waals surface area contributed by atoms with E-state index in [1.54, 1.807) is 4.68 Å². The van der Waals surface area contributed by atoms with E-state index >= 15 is 0 Å². The van der Waals surface area contributed by atoms with Crippen molar-refractivity contribution in [2.75, 3.05) is 18.5 Å². The minimum atomic E-state index is -0.271. The minimum Gasteiger partial charge on any atom is -0.342 e. The van der Waals surface area contributed by atoms with Crippen molar-refractivity contribution in [2.45, 2.75) is 27.1 Å². The van der Waals surface area contributed by atoms with Gasteiger partial charge >= 0.3 is 0 Å². The number of ether oxygens (including phenoxy) is 1. The summed E-state index contributed by atoms with van der Waals surface area (Å²) < 4.78 is 8.35. The summed E-state index contributed by atoms with van der Waals surface area (Å²) in [4.78, 5) is 9.21. The molecule has 3 aromatic heterocycles. The van der Waals surface area contributed by atoms with E-state index in [0.717, 1.165) is 50.4 Å². The molecule has 0 amide bonds. The van der Waals surface area contributed by atoms with E-state index in [-0.39, 0.29) is 6.35 Å². The highest BCUT2D eigenvalue weighted by Gasteiger charge is 2.21. The van der Waals surface area contributed by atoms with Crippen molar-refractivity contribution in [2.24, 2.45) is 0 Å². The van der Waals surface area contributed by atoms with Gasteiger partial charge in [0.2, 0.25) is 6.35 Å². The zero-order chi connectivity index (χ0) is 17.6. The summed E-state index contributed by atoms with van der Waals surface area (Å²) in [5.41, 5.74) is 4.89. The van der Waals surface area contributed by atoms with E-state index < -0.39 is 0 Å². The fourth-order valence-electron chi connectivity index (χ4n) is 2.88. The van der Waals surface area contributed by atoms with E-state index in [2.05, 4.69) is 47.7 Å². The molecule has 2 N–H and O–H groups in total. The minimum absolute atomic E-state index is 0.271. The van der Waals surface area contributed by atoms with Gasteiger partial charge in [-0.1, -0.05) is 0 Å². The molecule has 4 rings (SSSR count). The molecule has 0 bridgehead atoms. The first-order valence-corrected chi connectivity index (χ1v) is 8.92. The molecule has 7 nitrogen and oxygen atoms in total. The van der Waals surface area contributed by atoms with Crippen LogP contribution in [0.25, 0.3) is 11.0 Å². The largest absolute Gasteiger partial charge is 0.342 e. The Labute approximate surface area is 153 Å². The van der Waals surface area contributed by atoms with Crippen molar-refractivity contribution in [1.82, 2.24) is 25.1 Å². The number of hydrogen-bond acceptors (Lipinski definition) is 6. The summed E-state index contributed by atoms with van der Waals surface area (Å²) >= 11 is 3.60. The predicted octanol–water partition coefficient (Wildman–Crippen LogP) is 3.33. The quantitative estimate of drug-likeness (QED) is 0.699. The first-order chi connectivity index (χ1) is 12.0. The number of rotatable bonds is 3. The van der Waals surface area contributed by atoms with E-state index in [0.29, 0.717) is 6.61 Å². The van der Waals surface area contributed by atoms with Crippen LogP contribution in [0.5, 0.6) is 0 Å². The molecular weight excluding hydrogens is 384 g/mol. The SMILES string of the molecule is Cc1cc(Br)c(Nc2c(C)cnc3c2cnn3C2NCCO2)nc1C. The molecule has 1 aliphatic heterocycles. The average molecular weight is 403 g/mol. The molecule has 1 unspecified atom stereocenters. The van der Waals surface area contributed by atoms with Crippen LogP contribution in [0.15, 0.2) is 22.9 Å². The van der Waals surface area contributed by atoms with Gasteiger partial charge in [-0.2, -0.15) is 5.10 Å². The number of nitrogens with zero attached hydrogens (tertiary/aromatic N) is 4. The van der Waals surface area contributed by atoms with Gasteiger partial charge in [0, 0.05) is 18.4 Å². The van der Waals surface area contributed by atoms with Gasteiger partial charge in [0.15, 0.2) is 5.65 Å². The highest BCUT2D eigenvalue weighted by molar-refractivity contribution is 9.10. The van der Waals surface area contributed by atoms with Crippen LogP contribution in [0.3, 0.4) is 0 Å². The lowest BCUT2D eigenvalue weighted by atomic mass is 10.2. The lowest BCUT2D eigenvalue weighted by molar-refractivity contribution is 0.0375. The Hall–Kier alpha value is -2.03. The molecule has 1 fully saturated rings. The predicted molar refractivity (Wildman–Crippen MR) is 100.0 cm³/mol. The molecule has 0 saturated carbocycles. The van der Waals surface area contributed by atoms with Crippen molar-refractivity contribution in [3.8, 4) is 0 Å². The average Bonchev–Trinajstić information content (AvgIpc) is 3.23. The summed E-state index contributed by atoms with van der Waals surface area (Å²) in [5, 5.41) is 12.1. The van der Waals surface area contributed by atoms with Crippen molar-refractivity contribution >= 4 is 38.5 Å². The molecule has 0 spiro atoms. The monoisotopic (exact) mass is 402 g/mol. The maximum atomic E-state index is 5.65. The van der Waals surface area contributed by atoms with Crippen molar-refractivity contribution in [3.05, 3.63) is 39.8 Å². The van der Waals surface area contributed by atoms with E-state index in [4.69, 9.17) is 4.74 Å². The van der Waals surface area contributed by atoms with Gasteiger partial charge in [0.05, 0.1) is 28.4 Å². The molecule has 130 valence electrons. The Morgan fingerprint density at radius 2 is 2.12 bits per heavy atom. The Kier molecular flexibility index (Phi) is 4.18. The normalized spacial score (nSPS) is 17.4. The third-order valence-electron chi connectivity index (χ3n) is 4.40. The lowest BCUT2D eigenvalue weighted by Gasteiger charge is -2.14. The second-order valence-electron chi connectivity index (χ2n) is 6.17. The number of aryl methyl sites for hydroxylation is 3. The molecule has 1 aliphatic rings. The van der Waals surface area contributed by atoms with Crippen LogP contribution in [0.2, 0.25) is 0 Å². The van der Waals surface area contributed by atoms with Gasteiger partial charge < -0.3 is 10.1 Å². The highest BCUT2D eigenvalue weighted by Crippen LogP contribution is 2.32. The number of halogens is 1. The van der Waals surface area contributed by atoms with Crippen molar-refractivity contribution in [1.29, 1.82) is 0 Å². The molecule has 8 heteroatoms. The fraction of sp³-hybridized carbons (Fsp3) is 0.353. The lowest BCUT2D eigenvalue weighted by Crippen LogP contribution is -2.22. The number of fused-ring (bicyclic) bond motifs is 1. The van der Waals surface area contributed by atoms with Crippen LogP contribution in [0.4, 0.5) is 11.5 Å². The van der Waals surface area contributed by atoms with E-state index in [1.807, 2.05) is 33.2 Å². The fourth-order valence-corrected chi connectivity index (χ4v) is 3.41. The Bertz CT molecular complexity index is 948. The molecule has 1 atom stereocenters. The summed E-state index contributed by atoms with van der Waals surface area (Å²) in [5.74, 6) is 0.779. The Morgan fingerprint density at radius 3 is 2.88 bits per heavy atom. The number of aromatic nitrogens is 4. The second-order valence-corrected chi connectivity index (χ2v) is 7.02. The number of anilines is 2. The molecule has 0 aliphatic carbocycles. The van der Waals surface area contributed by atoms with Gasteiger partial charge in [-0.3, -0.25) is 5.32 Å². The van der Waals surface area contributed by atoms with E-state index in [9.17, 15) is 0 Å². The summed E-state index contributed by atoms with van der Waals surface area (Å²) in [6.07, 6.45) is 3.38. The Balaban J connectivity index is 1.79. The maximum absolute atomic E-state index is 5.65. The summed E-state index contributed by atoms with van der Waals surface area (Å²) in [6.45, 7) is 7.55. The van der Waals surface area contributed by atoms with Crippen molar-refractivity contribution < 1.29 is 4.74 Å². The zero-order valence-electron chi connectivity index (χ0n) is 14.3. The summed E-state index contributed by atoms with van der Waals surface area (Å²) in [7, 11) is 0. The molecule has 0 aromatic carbocycles. The molecule has 4 heterocycles. The molecular formula is C17H19BrN6O. The van der Waals surface area contributed by atoms with Crippen LogP contribution in [0.1, 0.15) is 23.2 Å². The van der Waals surface area contributed by atoms with Crippen LogP contribution in [0, 0.1) is 20.8 Å². The summed E-state index contributed by atoms with van der Waals surface area (Å²) in [6, 6.07) is 2.07. The highest BCUT2D eigenvalue weighted by atomic mass is 79.9. The first kappa shape index (κ1) is 16.4. The molecule has 25 heavy (non-hydrogen) atoms. The first-order valence-electron chi connectivity index (χ1n) is 8.13. The zero-order valence-corrected chi connectivity index (χ0v) is 15.9. The topological polar surface area (TPSA) is 76.9 Å². The third kappa shape index (κ3) is 2.90. The smallest absolute Gasteiger partial charge is 0.208 e. The second kappa shape index (κ2) is 6.36. The molecule has 0 radical (unpaired) electrons. The van der Waals surface area contributed by atoms with Gasteiger partial charge in [0.1, 0.15) is 5.82 Å². The van der Waals surface area contributed by atoms with Gasteiger partial charge in [-0.05, 0) is 53.9 Å². The maximum Gasteiger partial charge on any atom is 0.208 e. The van der Waals surface area contributed by atoms with Crippen molar-refractivity contribution in [3.63, 3.8) is 0 Å². The van der Waals surface area contributed by atoms with Gasteiger partial charge in [0.25, 0.3) is 0 Å². The number of pyridine rings is 2. The molecule has 3 aromatic rings. The van der Waals surface area contributed by atoms with Crippen LogP contribution < -0.4 is 10.6 Å². The van der Waals surface area contributed by atoms with Crippen LogP contribution >= 0.6 is 15.9 Å². The van der Waals surface area contributed by atoms with Gasteiger partial charge in [-0.25, -0.2) is 14.6 Å². The van der Waals surface area contributed by atoms with Gasteiger partial charge in [-0.15, -0.1) is 0 Å². The number of hydrogen-bond donors (Lipinski definition) is 2. The Morgan fingerprint density at radius 1 is 1.28 bits per heavy atom. The third-order valence-corrected chi connectivity index (χ3v) is 5.00. The van der Waals surface area contributed by atoms with Crippen LogP contribution in [-0.4, -0.2) is 32.9 Å². The molecule has 1 saturated heterocycles. The standard InChI is InChI=1S/C17H19BrN6O/c1-9-6-13(18)15(22-11(9)3)23-14-10(2)7-20-16-12(14)8-21-24(16)17-19-4-5-25-17/h6-8,17,19H,4-5H2,1-3H3,(H,20,22,23). The van der Waals surface area contributed by atoms with Crippen LogP contribution in [-0.2, 0) is 4.74 Å². The number of nitrogens with one attached hydrogen (secondary N) is 2. The van der Waals surface area contributed by atoms with E-state index in [1.165, 1.54) is 0 Å².